The second-order valence-corrected chi connectivity index (χ2v) is 10.8. The number of carbonyl (C=O) groups excluding carboxylic acids is 1. The fourth-order valence-corrected chi connectivity index (χ4v) is 4.90. The zero-order chi connectivity index (χ0) is 27.5. The molecule has 0 radical (unpaired) electrons. The summed E-state index contributed by atoms with van der Waals surface area (Å²) in [5.74, 6) is -0.460. The average Bonchev–Trinajstić information content (AvgIpc) is 3.14. The molecule has 0 aliphatic rings. The van der Waals surface area contributed by atoms with Crippen LogP contribution in [0.3, 0.4) is 0 Å². The summed E-state index contributed by atoms with van der Waals surface area (Å²) >= 11 is 0. The second kappa shape index (κ2) is 11.1. The second-order valence-electron chi connectivity index (χ2n) is 9.08. The Balaban J connectivity index is 2.20. The minimum absolute atomic E-state index is 0.103. The van der Waals surface area contributed by atoms with Crippen LogP contribution >= 0.6 is 0 Å². The minimum atomic E-state index is -4.19. The molecule has 0 unspecified atom stereocenters. The lowest BCUT2D eigenvalue weighted by Crippen LogP contribution is -2.32. The molecule has 1 atom stereocenters. The number of aryl methyl sites for hydroxylation is 1. The van der Waals surface area contributed by atoms with Gasteiger partial charge in [-0.05, 0) is 59.2 Å². The van der Waals surface area contributed by atoms with Crippen LogP contribution in [-0.2, 0) is 10.0 Å². The Morgan fingerprint density at radius 2 is 1.78 bits per heavy atom. The van der Waals surface area contributed by atoms with Gasteiger partial charge in [-0.25, -0.2) is 13.1 Å². The summed E-state index contributed by atoms with van der Waals surface area (Å²) in [4.78, 5) is 23.2. The van der Waals surface area contributed by atoms with Crippen molar-refractivity contribution < 1.29 is 22.9 Å². The van der Waals surface area contributed by atoms with Crippen molar-refractivity contribution in [1.29, 1.82) is 0 Å². The molecule has 0 fully saturated rings. The number of carbonyl (C=O) groups is 1. The van der Waals surface area contributed by atoms with Gasteiger partial charge in [0, 0.05) is 29.8 Å². The molecule has 2 N–H and O–H groups in total. The summed E-state index contributed by atoms with van der Waals surface area (Å²) in [7, 11) is -4.19. The highest BCUT2D eigenvalue weighted by atomic mass is 32.2. The first-order valence-electron chi connectivity index (χ1n) is 11.8. The van der Waals surface area contributed by atoms with Crippen molar-refractivity contribution in [3.63, 3.8) is 0 Å². The number of hydrogen-bond donors (Lipinski definition) is 2. The van der Waals surface area contributed by atoms with Gasteiger partial charge in [0.1, 0.15) is 10.6 Å². The van der Waals surface area contributed by atoms with E-state index in [0.717, 1.165) is 17.7 Å². The Hall–Kier alpha value is -3.77. The maximum absolute atomic E-state index is 13.2. The summed E-state index contributed by atoms with van der Waals surface area (Å²) in [6.07, 6.45) is 0.512. The van der Waals surface area contributed by atoms with Gasteiger partial charge < -0.3 is 10.1 Å². The smallest absolute Gasteiger partial charge is 0.272 e. The molecular weight excluding hydrogens is 498 g/mol. The summed E-state index contributed by atoms with van der Waals surface area (Å²) in [5.41, 5.74) is 1.66. The van der Waals surface area contributed by atoms with E-state index in [1.807, 2.05) is 39.8 Å². The van der Waals surface area contributed by atoms with Crippen LogP contribution in [0.15, 0.2) is 47.4 Å². The topological polar surface area (TPSA) is 145 Å². The molecule has 2 aromatic carbocycles. The first kappa shape index (κ1) is 27.8. The third kappa shape index (κ3) is 6.33. The number of aromatic nitrogens is 2. The molecule has 0 bridgehead atoms. The standard InChI is InChI=1S/C25H31N5O6S/c1-7-17(5)28-37(34,35)22-14-20(30(32)33)12-13-21(22)36-25-18(6)23(24(31)26-15(2)3)27-29(25)19-10-8-16(4)9-11-19/h8-15,17,28H,7H2,1-6H3,(H,26,31)/t17-/m1/s1. The molecule has 198 valence electrons. The molecule has 0 aliphatic heterocycles. The average molecular weight is 530 g/mol. The van der Waals surface area contributed by atoms with Crippen LogP contribution in [0.1, 0.15) is 55.7 Å². The molecular formula is C25H31N5O6S. The van der Waals surface area contributed by atoms with Gasteiger partial charge in [0.25, 0.3) is 11.6 Å². The number of nitrogens with one attached hydrogen (secondary N) is 2. The van der Waals surface area contributed by atoms with Crippen LogP contribution < -0.4 is 14.8 Å². The number of nitrogens with zero attached hydrogens (tertiary/aromatic N) is 3. The molecule has 1 amide bonds. The zero-order valence-electron chi connectivity index (χ0n) is 21.6. The number of nitro groups is 1. The molecule has 12 heteroatoms. The van der Waals surface area contributed by atoms with Crippen molar-refractivity contribution in [2.45, 2.75) is 64.9 Å². The molecule has 0 spiro atoms. The first-order chi connectivity index (χ1) is 17.3. The quantitative estimate of drug-likeness (QED) is 0.292. The summed E-state index contributed by atoms with van der Waals surface area (Å²) in [5, 5.41) is 18.7. The predicted octanol–water partition coefficient (Wildman–Crippen LogP) is 4.40. The largest absolute Gasteiger partial charge is 0.437 e. The fraction of sp³-hybridized carbons (Fsp3) is 0.360. The van der Waals surface area contributed by atoms with E-state index in [4.69, 9.17) is 4.74 Å². The van der Waals surface area contributed by atoms with E-state index in [-0.39, 0.29) is 23.4 Å². The van der Waals surface area contributed by atoms with Crippen molar-refractivity contribution in [3.05, 3.63) is 69.4 Å². The van der Waals surface area contributed by atoms with E-state index in [1.54, 1.807) is 26.0 Å². The van der Waals surface area contributed by atoms with Gasteiger partial charge >= 0.3 is 0 Å². The van der Waals surface area contributed by atoms with Crippen LogP contribution in [0.2, 0.25) is 0 Å². The zero-order valence-corrected chi connectivity index (χ0v) is 22.4. The maximum Gasteiger partial charge on any atom is 0.272 e. The van der Waals surface area contributed by atoms with Gasteiger partial charge in [-0.15, -0.1) is 0 Å². The predicted molar refractivity (Wildman–Crippen MR) is 139 cm³/mol. The van der Waals surface area contributed by atoms with Gasteiger partial charge in [0.15, 0.2) is 5.69 Å². The molecule has 0 aliphatic carbocycles. The SMILES string of the molecule is CC[C@@H](C)NS(=O)(=O)c1cc([N+](=O)[O-])ccc1Oc1c(C)c(C(=O)NC(C)C)nn1-c1ccc(C)cc1. The number of nitro benzene ring substituents is 1. The van der Waals surface area contributed by atoms with E-state index < -0.39 is 37.5 Å². The number of sulfonamides is 1. The number of rotatable bonds is 10. The molecule has 1 heterocycles. The normalized spacial score (nSPS) is 12.4. The van der Waals surface area contributed by atoms with Gasteiger partial charge in [-0.2, -0.15) is 9.78 Å². The Morgan fingerprint density at radius 3 is 2.35 bits per heavy atom. The summed E-state index contributed by atoms with van der Waals surface area (Å²) in [6, 6.07) is 10.1. The summed E-state index contributed by atoms with van der Waals surface area (Å²) < 4.78 is 36.4. The number of hydrogen-bond acceptors (Lipinski definition) is 7. The van der Waals surface area contributed by atoms with Crippen LogP contribution in [0.4, 0.5) is 5.69 Å². The van der Waals surface area contributed by atoms with Gasteiger partial charge in [0.2, 0.25) is 15.9 Å². The Kier molecular flexibility index (Phi) is 8.34. The van der Waals surface area contributed by atoms with Crippen molar-refractivity contribution in [2.75, 3.05) is 0 Å². The highest BCUT2D eigenvalue weighted by Gasteiger charge is 2.28. The lowest BCUT2D eigenvalue weighted by atomic mass is 10.2. The molecule has 0 saturated heterocycles. The van der Waals surface area contributed by atoms with Crippen molar-refractivity contribution >= 4 is 21.6 Å². The van der Waals surface area contributed by atoms with E-state index in [9.17, 15) is 23.3 Å². The van der Waals surface area contributed by atoms with E-state index in [0.29, 0.717) is 17.7 Å². The maximum atomic E-state index is 13.2. The lowest BCUT2D eigenvalue weighted by Gasteiger charge is -2.16. The molecule has 3 aromatic rings. The number of non-ortho nitro benzene ring substituents is 1. The molecule has 1 aromatic heterocycles. The third-order valence-corrected chi connectivity index (χ3v) is 7.20. The third-order valence-electron chi connectivity index (χ3n) is 5.58. The Morgan fingerprint density at radius 1 is 1.14 bits per heavy atom. The molecule has 3 rings (SSSR count). The fourth-order valence-electron chi connectivity index (χ4n) is 3.43. The molecule has 0 saturated carbocycles. The number of ether oxygens (including phenoxy) is 1. The van der Waals surface area contributed by atoms with E-state index in [2.05, 4.69) is 15.1 Å². The summed E-state index contributed by atoms with van der Waals surface area (Å²) in [6.45, 7) is 10.7. The van der Waals surface area contributed by atoms with Crippen molar-refractivity contribution in [3.8, 4) is 17.3 Å². The lowest BCUT2D eigenvalue weighted by molar-refractivity contribution is -0.385. The number of benzene rings is 2. The number of amides is 1. The minimum Gasteiger partial charge on any atom is -0.437 e. The molecule has 11 nitrogen and oxygen atoms in total. The van der Waals surface area contributed by atoms with Crippen LogP contribution in [-0.4, -0.2) is 41.1 Å². The molecule has 37 heavy (non-hydrogen) atoms. The highest BCUT2D eigenvalue weighted by Crippen LogP contribution is 2.36. The highest BCUT2D eigenvalue weighted by molar-refractivity contribution is 7.89. The first-order valence-corrected chi connectivity index (χ1v) is 13.3. The monoisotopic (exact) mass is 529 g/mol. The van der Waals surface area contributed by atoms with E-state index >= 15 is 0 Å². The van der Waals surface area contributed by atoms with Crippen molar-refractivity contribution in [2.24, 2.45) is 0 Å². The Labute approximate surface area is 216 Å². The van der Waals surface area contributed by atoms with Gasteiger partial charge in [-0.1, -0.05) is 24.6 Å². The van der Waals surface area contributed by atoms with Crippen LogP contribution in [0.25, 0.3) is 5.69 Å². The van der Waals surface area contributed by atoms with Crippen LogP contribution in [0.5, 0.6) is 11.6 Å². The van der Waals surface area contributed by atoms with Crippen LogP contribution in [0, 0.1) is 24.0 Å². The van der Waals surface area contributed by atoms with E-state index in [1.165, 1.54) is 10.7 Å². The Bertz CT molecular complexity index is 1410. The van der Waals surface area contributed by atoms with Gasteiger partial charge in [-0.3, -0.25) is 14.9 Å². The van der Waals surface area contributed by atoms with Gasteiger partial charge in [0.05, 0.1) is 10.6 Å². The van der Waals surface area contributed by atoms with Crippen molar-refractivity contribution in [1.82, 2.24) is 19.8 Å².